The van der Waals surface area contributed by atoms with Crippen molar-refractivity contribution in [2.75, 3.05) is 6.54 Å². The fraction of sp³-hybridized carbons (Fsp3) is 0.417. The Kier molecular flexibility index (Phi) is 5.72. The minimum atomic E-state index is -0.488. The minimum Gasteiger partial charge on any atom is -0.507 e. The van der Waals surface area contributed by atoms with Crippen molar-refractivity contribution in [3.8, 4) is 5.75 Å². The van der Waals surface area contributed by atoms with Gasteiger partial charge in [-0.2, -0.15) is 0 Å². The number of aromatic hydroxyl groups is 1. The van der Waals surface area contributed by atoms with Gasteiger partial charge in [-0.3, -0.25) is 4.79 Å². The molecule has 100 valence electrons. The van der Waals surface area contributed by atoms with E-state index in [0.717, 1.165) is 0 Å². The molecule has 1 amide bonds. The Balaban J connectivity index is 2.67. The lowest BCUT2D eigenvalue weighted by molar-refractivity contribution is 0.0939. The summed E-state index contributed by atoms with van der Waals surface area (Å²) in [5, 5.41) is 21.9. The lowest BCUT2D eigenvalue weighted by atomic mass is 10.1. The summed E-state index contributed by atoms with van der Waals surface area (Å²) in [5.41, 5.74) is -0.00736. The van der Waals surface area contributed by atoms with Gasteiger partial charge < -0.3 is 15.5 Å². The predicted molar refractivity (Wildman–Crippen MR) is 71.4 cm³/mol. The van der Waals surface area contributed by atoms with Crippen LogP contribution in [0, 0.1) is 0 Å². The number of nitrogens with one attached hydrogen (secondary N) is 1. The normalized spacial score (nSPS) is 12.2. The smallest absolute Gasteiger partial charge is 0.256 e. The Bertz CT molecular complexity index is 414. The fourth-order valence-electron chi connectivity index (χ4n) is 1.43. The molecule has 3 N–H and O–H groups in total. The largest absolute Gasteiger partial charge is 0.507 e. The van der Waals surface area contributed by atoms with Crippen molar-refractivity contribution in [2.24, 2.45) is 0 Å². The molecule has 1 aromatic rings. The second-order valence-electron chi connectivity index (χ2n) is 3.89. The van der Waals surface area contributed by atoms with Crippen LogP contribution in [-0.4, -0.2) is 28.8 Å². The molecule has 4 nitrogen and oxygen atoms in total. The molecule has 0 fully saturated rings. The number of aliphatic hydroxyl groups is 1. The quantitative estimate of drug-likeness (QED) is 0.781. The molecule has 6 heteroatoms. The number of carbonyl (C=O) groups excluding carboxylic acids is 1. The molecular weight excluding hydrogens is 277 g/mol. The number of carbonyl (C=O) groups is 1. The van der Waals surface area contributed by atoms with Gasteiger partial charge in [0.1, 0.15) is 5.75 Å². The summed E-state index contributed by atoms with van der Waals surface area (Å²) in [5.74, 6) is -0.751. The summed E-state index contributed by atoms with van der Waals surface area (Å²) in [4.78, 5) is 11.8. The van der Waals surface area contributed by atoms with Gasteiger partial charge in [0.15, 0.2) is 0 Å². The summed E-state index contributed by atoms with van der Waals surface area (Å²) in [7, 11) is 0. The first-order valence-electron chi connectivity index (χ1n) is 5.60. The average molecular weight is 292 g/mol. The third kappa shape index (κ3) is 4.05. The first-order valence-corrected chi connectivity index (χ1v) is 6.35. The van der Waals surface area contributed by atoms with Crippen molar-refractivity contribution >= 4 is 29.1 Å². The molecule has 0 heterocycles. The molecule has 18 heavy (non-hydrogen) atoms. The lowest BCUT2D eigenvalue weighted by Crippen LogP contribution is -2.27. The molecule has 0 bridgehead atoms. The number of amides is 1. The molecule has 1 rings (SSSR count). The van der Waals surface area contributed by atoms with Crippen molar-refractivity contribution in [1.29, 1.82) is 0 Å². The molecular formula is C12H15Cl2NO3. The number of halogens is 2. The molecule has 1 unspecified atom stereocenters. The van der Waals surface area contributed by atoms with Crippen molar-refractivity contribution in [1.82, 2.24) is 5.32 Å². The summed E-state index contributed by atoms with van der Waals surface area (Å²) in [6.07, 6.45) is 0.636. The van der Waals surface area contributed by atoms with E-state index in [9.17, 15) is 15.0 Å². The second-order valence-corrected chi connectivity index (χ2v) is 4.73. The number of phenolic OH excluding ortho intramolecular Hbond substituents is 1. The fourth-order valence-corrected chi connectivity index (χ4v) is 2.00. The molecule has 0 aliphatic heterocycles. The van der Waals surface area contributed by atoms with Crippen LogP contribution in [0.4, 0.5) is 0 Å². The van der Waals surface area contributed by atoms with Crippen LogP contribution >= 0.6 is 23.2 Å². The highest BCUT2D eigenvalue weighted by molar-refractivity contribution is 6.37. The highest BCUT2D eigenvalue weighted by Crippen LogP contribution is 2.29. The Hall–Kier alpha value is -0.970. The van der Waals surface area contributed by atoms with Gasteiger partial charge in [0, 0.05) is 11.6 Å². The second kappa shape index (κ2) is 6.83. The summed E-state index contributed by atoms with van der Waals surface area (Å²) >= 11 is 11.5. The number of hydrogen-bond acceptors (Lipinski definition) is 3. The van der Waals surface area contributed by atoms with Crippen LogP contribution in [0.2, 0.25) is 10.0 Å². The van der Waals surface area contributed by atoms with Crippen molar-refractivity contribution in [3.05, 3.63) is 27.7 Å². The zero-order valence-corrected chi connectivity index (χ0v) is 11.4. The number of aliphatic hydroxyl groups excluding tert-OH is 1. The maximum Gasteiger partial charge on any atom is 0.256 e. The van der Waals surface area contributed by atoms with Crippen molar-refractivity contribution in [2.45, 2.75) is 25.9 Å². The highest BCUT2D eigenvalue weighted by atomic mass is 35.5. The average Bonchev–Trinajstić information content (AvgIpc) is 2.27. The van der Waals surface area contributed by atoms with Gasteiger partial charge in [-0.05, 0) is 25.0 Å². The monoisotopic (exact) mass is 291 g/mol. The van der Waals surface area contributed by atoms with Gasteiger partial charge in [-0.25, -0.2) is 0 Å². The van der Waals surface area contributed by atoms with E-state index in [1.165, 1.54) is 12.1 Å². The van der Waals surface area contributed by atoms with Crippen LogP contribution in [0.15, 0.2) is 12.1 Å². The Morgan fingerprint density at radius 1 is 1.44 bits per heavy atom. The molecule has 1 atom stereocenters. The third-order valence-electron chi connectivity index (χ3n) is 2.50. The van der Waals surface area contributed by atoms with E-state index in [0.29, 0.717) is 19.4 Å². The molecule has 0 saturated heterocycles. The highest BCUT2D eigenvalue weighted by Gasteiger charge is 2.16. The summed E-state index contributed by atoms with van der Waals surface area (Å²) in [6, 6.07) is 2.64. The standard InChI is InChI=1S/C12H15Cl2NO3/c1-2-8(16)3-4-15-12(18)11-9(14)5-7(13)6-10(11)17/h5-6,8,16-17H,2-4H2,1H3,(H,15,18). The van der Waals surface area contributed by atoms with Crippen LogP contribution in [-0.2, 0) is 0 Å². The van der Waals surface area contributed by atoms with Gasteiger partial charge >= 0.3 is 0 Å². The number of hydrogen-bond donors (Lipinski definition) is 3. The van der Waals surface area contributed by atoms with E-state index in [1.54, 1.807) is 0 Å². The molecule has 0 saturated carbocycles. The van der Waals surface area contributed by atoms with E-state index in [-0.39, 0.29) is 21.4 Å². The van der Waals surface area contributed by atoms with Crippen LogP contribution in [0.25, 0.3) is 0 Å². The molecule has 0 aliphatic carbocycles. The Labute approximate surface area is 116 Å². The van der Waals surface area contributed by atoms with Crippen LogP contribution in [0.5, 0.6) is 5.75 Å². The predicted octanol–water partition coefficient (Wildman–Crippen LogP) is 2.59. The van der Waals surface area contributed by atoms with Gasteiger partial charge in [-0.15, -0.1) is 0 Å². The van der Waals surface area contributed by atoms with E-state index < -0.39 is 12.0 Å². The number of benzene rings is 1. The summed E-state index contributed by atoms with van der Waals surface area (Å²) in [6.45, 7) is 2.17. The van der Waals surface area contributed by atoms with E-state index >= 15 is 0 Å². The SMILES string of the molecule is CCC(O)CCNC(=O)c1c(O)cc(Cl)cc1Cl. The maximum atomic E-state index is 11.8. The topological polar surface area (TPSA) is 69.6 Å². The molecule has 0 aliphatic rings. The van der Waals surface area contributed by atoms with Gasteiger partial charge in [0.2, 0.25) is 0 Å². The molecule has 0 aromatic heterocycles. The zero-order chi connectivity index (χ0) is 13.7. The summed E-state index contributed by atoms with van der Waals surface area (Å²) < 4.78 is 0. The molecule has 0 spiro atoms. The van der Waals surface area contributed by atoms with E-state index in [2.05, 4.69) is 5.32 Å². The van der Waals surface area contributed by atoms with Gasteiger partial charge in [-0.1, -0.05) is 30.1 Å². The Morgan fingerprint density at radius 2 is 2.11 bits per heavy atom. The van der Waals surface area contributed by atoms with Crippen LogP contribution < -0.4 is 5.32 Å². The lowest BCUT2D eigenvalue weighted by Gasteiger charge is -2.11. The number of phenols is 1. The minimum absolute atomic E-state index is 0.00736. The zero-order valence-electron chi connectivity index (χ0n) is 9.91. The van der Waals surface area contributed by atoms with Crippen molar-refractivity contribution in [3.63, 3.8) is 0 Å². The van der Waals surface area contributed by atoms with E-state index in [1.807, 2.05) is 6.92 Å². The first kappa shape index (κ1) is 15.1. The maximum absolute atomic E-state index is 11.8. The number of rotatable bonds is 5. The van der Waals surface area contributed by atoms with E-state index in [4.69, 9.17) is 23.2 Å². The first-order chi connectivity index (χ1) is 8.45. The van der Waals surface area contributed by atoms with Crippen molar-refractivity contribution < 1.29 is 15.0 Å². The molecule has 1 aromatic carbocycles. The molecule has 0 radical (unpaired) electrons. The van der Waals surface area contributed by atoms with Gasteiger partial charge in [0.05, 0.1) is 16.7 Å². The van der Waals surface area contributed by atoms with Gasteiger partial charge in [0.25, 0.3) is 5.91 Å². The third-order valence-corrected chi connectivity index (χ3v) is 3.01. The van der Waals surface area contributed by atoms with Crippen LogP contribution in [0.1, 0.15) is 30.1 Å². The Morgan fingerprint density at radius 3 is 2.67 bits per heavy atom. The van der Waals surface area contributed by atoms with Crippen LogP contribution in [0.3, 0.4) is 0 Å².